The van der Waals surface area contributed by atoms with Crippen LogP contribution in [0.3, 0.4) is 0 Å². The van der Waals surface area contributed by atoms with Crippen molar-refractivity contribution in [2.75, 3.05) is 25.0 Å². The second-order valence-corrected chi connectivity index (χ2v) is 4.55. The van der Waals surface area contributed by atoms with Gasteiger partial charge in [-0.2, -0.15) is 0 Å². The van der Waals surface area contributed by atoms with Crippen LogP contribution in [-0.2, 0) is 0 Å². The number of hydrogen-bond donors (Lipinski definition) is 0. The van der Waals surface area contributed by atoms with E-state index in [1.165, 1.54) is 0 Å². The van der Waals surface area contributed by atoms with Gasteiger partial charge in [0.1, 0.15) is 5.75 Å². The first-order valence-electron chi connectivity index (χ1n) is 5.95. The fourth-order valence-corrected chi connectivity index (χ4v) is 2.07. The highest BCUT2D eigenvalue weighted by molar-refractivity contribution is 9.09. The lowest BCUT2D eigenvalue weighted by Gasteiger charge is -2.22. The first-order valence-corrected chi connectivity index (χ1v) is 7.07. The molecule has 1 amide bonds. The summed E-state index contributed by atoms with van der Waals surface area (Å²) < 4.78 is 30.3. The zero-order valence-corrected chi connectivity index (χ0v) is 12.2. The van der Waals surface area contributed by atoms with Crippen molar-refractivity contribution in [2.45, 2.75) is 13.3 Å². The molecular formula is C13H16BrF2NO2. The summed E-state index contributed by atoms with van der Waals surface area (Å²) in [6.07, 6.45) is -2.55. The van der Waals surface area contributed by atoms with Gasteiger partial charge in [-0.25, -0.2) is 8.78 Å². The maximum absolute atomic E-state index is 12.5. The van der Waals surface area contributed by atoms with Gasteiger partial charge in [0.15, 0.2) is 0 Å². The number of alkyl halides is 3. The molecule has 0 aliphatic carbocycles. The van der Waals surface area contributed by atoms with Crippen LogP contribution in [0.4, 0.5) is 8.78 Å². The van der Waals surface area contributed by atoms with Crippen LogP contribution in [0.15, 0.2) is 24.3 Å². The molecule has 0 radical (unpaired) electrons. The Hall–Kier alpha value is -1.17. The minimum Gasteiger partial charge on any atom is -0.493 e. The number of nitrogens with zero attached hydrogens (tertiary/aromatic N) is 1. The second kappa shape index (κ2) is 8.09. The molecule has 0 bridgehead atoms. The standard InChI is InChI=1S/C13H16BrF2NO2/c1-2-19-11-6-4-3-5-10(11)13(18)17(8-7-14)9-12(15)16/h3-6,12H,2,7-9H2,1H3. The average molecular weight is 336 g/mol. The van der Waals surface area contributed by atoms with E-state index >= 15 is 0 Å². The van der Waals surface area contributed by atoms with Crippen molar-refractivity contribution in [3.63, 3.8) is 0 Å². The molecule has 0 heterocycles. The number of carbonyl (C=O) groups excluding carboxylic acids is 1. The third kappa shape index (κ3) is 4.78. The summed E-state index contributed by atoms with van der Waals surface area (Å²) >= 11 is 3.16. The number of para-hydroxylation sites is 1. The molecule has 0 saturated carbocycles. The minimum absolute atomic E-state index is 0.226. The highest BCUT2D eigenvalue weighted by atomic mass is 79.9. The molecule has 3 nitrogen and oxygen atoms in total. The number of ether oxygens (including phenoxy) is 1. The fraction of sp³-hybridized carbons (Fsp3) is 0.462. The van der Waals surface area contributed by atoms with Gasteiger partial charge in [0, 0.05) is 11.9 Å². The van der Waals surface area contributed by atoms with Gasteiger partial charge in [-0.3, -0.25) is 4.79 Å². The fourth-order valence-electron chi connectivity index (χ4n) is 1.64. The normalized spacial score (nSPS) is 10.6. The van der Waals surface area contributed by atoms with E-state index in [0.29, 0.717) is 23.2 Å². The van der Waals surface area contributed by atoms with E-state index in [9.17, 15) is 13.6 Å². The Bertz CT molecular complexity index is 415. The van der Waals surface area contributed by atoms with Gasteiger partial charge in [0.2, 0.25) is 0 Å². The SMILES string of the molecule is CCOc1ccccc1C(=O)N(CCBr)CC(F)F. The van der Waals surface area contributed by atoms with Crippen LogP contribution in [0.25, 0.3) is 0 Å². The van der Waals surface area contributed by atoms with E-state index in [0.717, 1.165) is 4.90 Å². The zero-order valence-electron chi connectivity index (χ0n) is 10.6. The molecular weight excluding hydrogens is 320 g/mol. The van der Waals surface area contributed by atoms with Crippen LogP contribution in [-0.4, -0.2) is 42.3 Å². The van der Waals surface area contributed by atoms with Crippen molar-refractivity contribution in [3.8, 4) is 5.75 Å². The largest absolute Gasteiger partial charge is 0.493 e. The molecule has 0 aliphatic rings. The van der Waals surface area contributed by atoms with Gasteiger partial charge in [-0.1, -0.05) is 28.1 Å². The highest BCUT2D eigenvalue weighted by Gasteiger charge is 2.21. The van der Waals surface area contributed by atoms with Crippen molar-refractivity contribution in [1.82, 2.24) is 4.90 Å². The van der Waals surface area contributed by atoms with Crippen LogP contribution in [0.1, 0.15) is 17.3 Å². The number of halogens is 3. The van der Waals surface area contributed by atoms with Gasteiger partial charge >= 0.3 is 0 Å². The minimum atomic E-state index is -2.55. The molecule has 1 aromatic rings. The monoisotopic (exact) mass is 335 g/mol. The Morgan fingerprint density at radius 3 is 2.68 bits per heavy atom. The maximum atomic E-state index is 12.5. The Morgan fingerprint density at radius 1 is 1.42 bits per heavy atom. The predicted molar refractivity (Wildman–Crippen MR) is 73.3 cm³/mol. The van der Waals surface area contributed by atoms with Crippen LogP contribution in [0.5, 0.6) is 5.75 Å². The number of rotatable bonds is 7. The first kappa shape index (κ1) is 15.9. The maximum Gasteiger partial charge on any atom is 0.257 e. The molecule has 0 spiro atoms. The van der Waals surface area contributed by atoms with Gasteiger partial charge in [0.25, 0.3) is 12.3 Å². The molecule has 0 saturated heterocycles. The lowest BCUT2D eigenvalue weighted by atomic mass is 10.1. The molecule has 0 aromatic heterocycles. The molecule has 0 N–H and O–H groups in total. The second-order valence-electron chi connectivity index (χ2n) is 3.76. The summed E-state index contributed by atoms with van der Waals surface area (Å²) in [5.41, 5.74) is 0.311. The quantitative estimate of drug-likeness (QED) is 0.716. The third-order valence-corrected chi connectivity index (χ3v) is 2.77. The Balaban J connectivity index is 2.95. The zero-order chi connectivity index (χ0) is 14.3. The number of carbonyl (C=O) groups is 1. The van der Waals surface area contributed by atoms with E-state index < -0.39 is 18.9 Å². The van der Waals surface area contributed by atoms with Crippen molar-refractivity contribution in [3.05, 3.63) is 29.8 Å². The highest BCUT2D eigenvalue weighted by Crippen LogP contribution is 2.20. The summed E-state index contributed by atoms with van der Waals surface area (Å²) in [4.78, 5) is 13.4. The molecule has 6 heteroatoms. The first-order chi connectivity index (χ1) is 9.10. The predicted octanol–water partition coefficient (Wildman–Crippen LogP) is 3.19. The summed E-state index contributed by atoms with van der Waals surface area (Å²) in [5.74, 6) is -0.0207. The molecule has 19 heavy (non-hydrogen) atoms. The lowest BCUT2D eigenvalue weighted by Crippen LogP contribution is -2.36. The molecule has 1 rings (SSSR count). The van der Waals surface area contributed by atoms with Gasteiger partial charge in [0.05, 0.1) is 18.7 Å². The van der Waals surface area contributed by atoms with Crippen LogP contribution < -0.4 is 4.74 Å². The summed E-state index contributed by atoms with van der Waals surface area (Å²) in [6.45, 7) is 1.86. The summed E-state index contributed by atoms with van der Waals surface area (Å²) in [5, 5.41) is 0.447. The summed E-state index contributed by atoms with van der Waals surface area (Å²) in [6, 6.07) is 6.67. The Labute approximate surface area is 119 Å². The molecule has 106 valence electrons. The van der Waals surface area contributed by atoms with E-state index in [2.05, 4.69) is 15.9 Å². The molecule has 0 fully saturated rings. The van der Waals surface area contributed by atoms with Crippen molar-refractivity contribution < 1.29 is 18.3 Å². The third-order valence-electron chi connectivity index (χ3n) is 2.42. The average Bonchev–Trinajstić information content (AvgIpc) is 2.38. The molecule has 0 unspecified atom stereocenters. The van der Waals surface area contributed by atoms with Gasteiger partial charge in [-0.15, -0.1) is 0 Å². The van der Waals surface area contributed by atoms with Gasteiger partial charge in [-0.05, 0) is 19.1 Å². The number of hydrogen-bond acceptors (Lipinski definition) is 2. The van der Waals surface area contributed by atoms with Crippen LogP contribution in [0, 0.1) is 0 Å². The lowest BCUT2D eigenvalue weighted by molar-refractivity contribution is 0.0569. The number of amides is 1. The van der Waals surface area contributed by atoms with Crippen LogP contribution in [0.2, 0.25) is 0 Å². The number of benzene rings is 1. The van der Waals surface area contributed by atoms with E-state index in [4.69, 9.17) is 4.74 Å². The van der Waals surface area contributed by atoms with Crippen molar-refractivity contribution >= 4 is 21.8 Å². The Kier molecular flexibility index (Phi) is 6.77. The van der Waals surface area contributed by atoms with Crippen LogP contribution >= 0.6 is 15.9 Å². The smallest absolute Gasteiger partial charge is 0.257 e. The van der Waals surface area contributed by atoms with E-state index in [1.807, 2.05) is 0 Å². The topological polar surface area (TPSA) is 29.5 Å². The van der Waals surface area contributed by atoms with E-state index in [-0.39, 0.29) is 6.54 Å². The molecule has 0 aliphatic heterocycles. The van der Waals surface area contributed by atoms with Crippen molar-refractivity contribution in [2.24, 2.45) is 0 Å². The van der Waals surface area contributed by atoms with Crippen molar-refractivity contribution in [1.29, 1.82) is 0 Å². The van der Waals surface area contributed by atoms with E-state index in [1.54, 1.807) is 31.2 Å². The summed E-state index contributed by atoms with van der Waals surface area (Å²) in [7, 11) is 0. The van der Waals surface area contributed by atoms with Gasteiger partial charge < -0.3 is 9.64 Å². The molecule has 0 atom stereocenters. The Morgan fingerprint density at radius 2 is 2.11 bits per heavy atom. The molecule has 1 aromatic carbocycles.